The van der Waals surface area contributed by atoms with Gasteiger partial charge in [-0.05, 0) is 11.6 Å². The summed E-state index contributed by atoms with van der Waals surface area (Å²) in [7, 11) is 0. The van der Waals surface area contributed by atoms with Crippen molar-refractivity contribution in [3.8, 4) is 0 Å². The van der Waals surface area contributed by atoms with Crippen molar-refractivity contribution in [2.24, 2.45) is 0 Å². The number of nitrogen functional groups attached to an aromatic ring is 1. The average Bonchev–Trinajstić information content (AvgIpc) is 2.27. The van der Waals surface area contributed by atoms with Gasteiger partial charge in [-0.1, -0.05) is 48.0 Å². The second-order valence-corrected chi connectivity index (χ2v) is 3.60. The van der Waals surface area contributed by atoms with Crippen LogP contribution in [-0.4, -0.2) is 9.97 Å². The maximum absolute atomic E-state index is 5.77. The zero-order valence-corrected chi connectivity index (χ0v) is 9.22. The molecule has 4 heteroatoms. The van der Waals surface area contributed by atoms with Gasteiger partial charge in [0.05, 0.1) is 5.69 Å². The molecule has 1 aromatic heterocycles. The van der Waals surface area contributed by atoms with E-state index >= 15 is 0 Å². The van der Waals surface area contributed by atoms with Gasteiger partial charge in [0.25, 0.3) is 0 Å². The first-order valence-corrected chi connectivity index (χ1v) is 5.15. The van der Waals surface area contributed by atoms with Crippen LogP contribution in [0.3, 0.4) is 0 Å². The Morgan fingerprint density at radius 3 is 2.50 bits per heavy atom. The summed E-state index contributed by atoms with van der Waals surface area (Å²) in [6, 6.07) is 11.6. The molecule has 16 heavy (non-hydrogen) atoms. The number of nitrogens with zero attached hydrogens (tertiary/aromatic N) is 2. The predicted molar refractivity (Wildman–Crippen MR) is 66.8 cm³/mol. The fourth-order valence-electron chi connectivity index (χ4n) is 1.28. The van der Waals surface area contributed by atoms with E-state index in [0.29, 0.717) is 10.8 Å². The van der Waals surface area contributed by atoms with Gasteiger partial charge in [-0.2, -0.15) is 0 Å². The second-order valence-electron chi connectivity index (χ2n) is 3.22. The highest BCUT2D eigenvalue weighted by molar-refractivity contribution is 6.29. The molecule has 0 fully saturated rings. The molecular weight excluding hydrogens is 222 g/mol. The lowest BCUT2D eigenvalue weighted by Gasteiger charge is -1.96. The summed E-state index contributed by atoms with van der Waals surface area (Å²) in [5.41, 5.74) is 7.28. The van der Waals surface area contributed by atoms with Crippen LogP contribution in [0.25, 0.3) is 12.2 Å². The van der Waals surface area contributed by atoms with E-state index in [1.807, 2.05) is 42.5 Å². The van der Waals surface area contributed by atoms with Gasteiger partial charge in [0.15, 0.2) is 0 Å². The third kappa shape index (κ3) is 2.81. The molecule has 2 aromatic rings. The molecule has 0 radical (unpaired) electrons. The molecule has 0 unspecified atom stereocenters. The first-order valence-electron chi connectivity index (χ1n) is 4.77. The number of rotatable bonds is 2. The van der Waals surface area contributed by atoms with Crippen LogP contribution < -0.4 is 5.73 Å². The van der Waals surface area contributed by atoms with Crippen molar-refractivity contribution in [3.05, 3.63) is 52.8 Å². The SMILES string of the molecule is Nc1nc(Cl)cc(C=Cc2ccccc2)n1. The van der Waals surface area contributed by atoms with Crippen molar-refractivity contribution in [1.29, 1.82) is 0 Å². The number of halogens is 1. The Balaban J connectivity index is 2.24. The minimum absolute atomic E-state index is 0.181. The van der Waals surface area contributed by atoms with Crippen LogP contribution in [0.4, 0.5) is 5.95 Å². The van der Waals surface area contributed by atoms with Gasteiger partial charge in [0.1, 0.15) is 5.15 Å². The molecule has 0 aliphatic rings. The third-order valence-corrected chi connectivity index (χ3v) is 2.17. The molecule has 2 N–H and O–H groups in total. The minimum Gasteiger partial charge on any atom is -0.368 e. The smallest absolute Gasteiger partial charge is 0.221 e. The molecule has 0 saturated carbocycles. The summed E-state index contributed by atoms with van der Waals surface area (Å²) in [6.45, 7) is 0. The summed E-state index contributed by atoms with van der Waals surface area (Å²) in [6.07, 6.45) is 3.79. The van der Waals surface area contributed by atoms with Crippen LogP contribution in [0.15, 0.2) is 36.4 Å². The first kappa shape index (κ1) is 10.6. The van der Waals surface area contributed by atoms with Crippen molar-refractivity contribution in [2.45, 2.75) is 0 Å². The van der Waals surface area contributed by atoms with E-state index in [2.05, 4.69) is 9.97 Å². The lowest BCUT2D eigenvalue weighted by molar-refractivity contribution is 1.17. The number of aromatic nitrogens is 2. The predicted octanol–water partition coefficient (Wildman–Crippen LogP) is 2.88. The van der Waals surface area contributed by atoms with Crippen LogP contribution in [0.2, 0.25) is 5.15 Å². The number of hydrogen-bond acceptors (Lipinski definition) is 3. The second kappa shape index (κ2) is 4.77. The molecule has 0 atom stereocenters. The van der Waals surface area contributed by atoms with Crippen LogP contribution in [0.1, 0.15) is 11.3 Å². The molecule has 0 spiro atoms. The fraction of sp³-hybridized carbons (Fsp3) is 0. The monoisotopic (exact) mass is 231 g/mol. The van der Waals surface area contributed by atoms with E-state index in [-0.39, 0.29) is 5.95 Å². The quantitative estimate of drug-likeness (QED) is 0.809. The van der Waals surface area contributed by atoms with Gasteiger partial charge >= 0.3 is 0 Å². The van der Waals surface area contributed by atoms with Crippen molar-refractivity contribution in [1.82, 2.24) is 9.97 Å². The van der Waals surface area contributed by atoms with Crippen LogP contribution in [0, 0.1) is 0 Å². The van der Waals surface area contributed by atoms with E-state index in [1.54, 1.807) is 6.07 Å². The fourth-order valence-corrected chi connectivity index (χ4v) is 1.48. The molecule has 0 aliphatic carbocycles. The maximum Gasteiger partial charge on any atom is 0.221 e. The largest absolute Gasteiger partial charge is 0.368 e. The minimum atomic E-state index is 0.181. The zero-order valence-electron chi connectivity index (χ0n) is 8.47. The maximum atomic E-state index is 5.77. The van der Waals surface area contributed by atoms with Gasteiger partial charge in [-0.15, -0.1) is 0 Å². The van der Waals surface area contributed by atoms with Crippen molar-refractivity contribution >= 4 is 29.7 Å². The average molecular weight is 232 g/mol. The summed E-state index contributed by atoms with van der Waals surface area (Å²) >= 11 is 5.77. The molecular formula is C12H10ClN3. The van der Waals surface area contributed by atoms with Crippen LogP contribution in [-0.2, 0) is 0 Å². The number of anilines is 1. The van der Waals surface area contributed by atoms with E-state index < -0.39 is 0 Å². The Labute approximate surface area is 98.6 Å². The molecule has 80 valence electrons. The summed E-state index contributed by atoms with van der Waals surface area (Å²) in [4.78, 5) is 7.83. The van der Waals surface area contributed by atoms with Gasteiger partial charge in [-0.3, -0.25) is 0 Å². The lowest BCUT2D eigenvalue weighted by atomic mass is 10.2. The summed E-state index contributed by atoms with van der Waals surface area (Å²) < 4.78 is 0. The standard InChI is InChI=1S/C12H10ClN3/c13-11-8-10(15-12(14)16-11)7-6-9-4-2-1-3-5-9/h1-8H,(H2,14,15,16). The molecule has 0 aliphatic heterocycles. The molecule has 3 nitrogen and oxygen atoms in total. The molecule has 1 aromatic carbocycles. The van der Waals surface area contributed by atoms with Gasteiger partial charge < -0.3 is 5.73 Å². The van der Waals surface area contributed by atoms with E-state index in [1.165, 1.54) is 0 Å². The number of benzene rings is 1. The zero-order chi connectivity index (χ0) is 11.4. The van der Waals surface area contributed by atoms with Crippen LogP contribution in [0.5, 0.6) is 0 Å². The topological polar surface area (TPSA) is 51.8 Å². The Morgan fingerprint density at radius 2 is 1.81 bits per heavy atom. The lowest BCUT2D eigenvalue weighted by Crippen LogP contribution is -1.95. The summed E-state index contributed by atoms with van der Waals surface area (Å²) in [5.74, 6) is 0.181. The molecule has 1 heterocycles. The molecule has 0 bridgehead atoms. The van der Waals surface area contributed by atoms with Crippen molar-refractivity contribution < 1.29 is 0 Å². The van der Waals surface area contributed by atoms with E-state index in [4.69, 9.17) is 17.3 Å². The number of hydrogen-bond donors (Lipinski definition) is 1. The van der Waals surface area contributed by atoms with Crippen molar-refractivity contribution in [2.75, 3.05) is 5.73 Å². The van der Waals surface area contributed by atoms with Crippen molar-refractivity contribution in [3.63, 3.8) is 0 Å². The molecule has 0 saturated heterocycles. The molecule has 0 amide bonds. The van der Waals surface area contributed by atoms with E-state index in [0.717, 1.165) is 5.56 Å². The highest BCUT2D eigenvalue weighted by Crippen LogP contribution is 2.11. The summed E-state index contributed by atoms with van der Waals surface area (Å²) in [5, 5.41) is 0.347. The van der Waals surface area contributed by atoms with Gasteiger partial charge in [0.2, 0.25) is 5.95 Å². The highest BCUT2D eigenvalue weighted by atomic mass is 35.5. The normalized spacial score (nSPS) is 10.8. The Morgan fingerprint density at radius 1 is 1.06 bits per heavy atom. The van der Waals surface area contributed by atoms with Gasteiger partial charge in [-0.25, -0.2) is 9.97 Å². The third-order valence-electron chi connectivity index (χ3n) is 1.98. The Kier molecular flexibility index (Phi) is 3.17. The van der Waals surface area contributed by atoms with E-state index in [9.17, 15) is 0 Å². The molecule has 2 rings (SSSR count). The Hall–Kier alpha value is -1.87. The van der Waals surface area contributed by atoms with Crippen LogP contribution >= 0.6 is 11.6 Å². The first-order chi connectivity index (χ1) is 7.74. The highest BCUT2D eigenvalue weighted by Gasteiger charge is 1.96. The van der Waals surface area contributed by atoms with Gasteiger partial charge in [0, 0.05) is 6.07 Å². The Bertz CT molecular complexity index is 489. The number of nitrogens with two attached hydrogens (primary N) is 1.